The number of aromatic amines is 1. The van der Waals surface area contributed by atoms with Crippen molar-refractivity contribution >= 4 is 5.97 Å². The minimum atomic E-state index is -0.288. The Morgan fingerprint density at radius 2 is 2.21 bits per heavy atom. The highest BCUT2D eigenvalue weighted by Gasteiger charge is 2.28. The van der Waals surface area contributed by atoms with Crippen molar-refractivity contribution in [2.24, 2.45) is 0 Å². The SMILES string of the molecule is O=C(OCc1cccnc1)c1ccc2c3[nH]c-3cc1-2. The number of nitrogens with zero attached hydrogens (tertiary/aromatic N) is 1. The molecular weight excluding hydrogens is 240 g/mol. The molecule has 0 spiro atoms. The number of esters is 1. The number of fused-ring (bicyclic) bond motifs is 3. The molecule has 2 aliphatic carbocycles. The van der Waals surface area contributed by atoms with Gasteiger partial charge < -0.3 is 9.72 Å². The van der Waals surface area contributed by atoms with Crippen LogP contribution in [0.5, 0.6) is 0 Å². The largest absolute Gasteiger partial charge is 0.457 e. The number of rotatable bonds is 3. The highest BCUT2D eigenvalue weighted by atomic mass is 16.5. The third-order valence-corrected chi connectivity index (χ3v) is 3.33. The highest BCUT2D eigenvalue weighted by Crippen LogP contribution is 2.45. The Balaban J connectivity index is 1.53. The fourth-order valence-electron chi connectivity index (χ4n) is 2.32. The molecule has 92 valence electrons. The van der Waals surface area contributed by atoms with Gasteiger partial charge in [-0.1, -0.05) is 12.1 Å². The average Bonchev–Trinajstić information content (AvgIpc) is 2.93. The highest BCUT2D eigenvalue weighted by molar-refractivity contribution is 6.05. The van der Waals surface area contributed by atoms with Crippen LogP contribution in [0, 0.1) is 0 Å². The third kappa shape index (κ3) is 1.61. The van der Waals surface area contributed by atoms with Crippen LogP contribution in [0.1, 0.15) is 15.9 Å². The standard InChI is InChI=1S/C15H10N2O2/c18-15(19-8-9-2-1-5-16-7-9)11-4-3-10-12(11)6-13-14(10)17-13/h1-7,17H,8H2. The normalized spacial score (nSPS) is 11.6. The maximum atomic E-state index is 12.1. The summed E-state index contributed by atoms with van der Waals surface area (Å²) in [6, 6.07) is 9.47. The first-order valence-electron chi connectivity index (χ1n) is 6.05. The number of nitrogens with one attached hydrogen (secondary N) is 1. The molecule has 0 bridgehead atoms. The maximum Gasteiger partial charge on any atom is 0.339 e. The lowest BCUT2D eigenvalue weighted by Crippen LogP contribution is -2.05. The number of hydrogen-bond acceptors (Lipinski definition) is 3. The molecule has 2 heterocycles. The van der Waals surface area contributed by atoms with Crippen LogP contribution in [0.4, 0.5) is 0 Å². The molecule has 4 nitrogen and oxygen atoms in total. The molecule has 0 saturated heterocycles. The molecule has 1 aliphatic heterocycles. The number of aromatic nitrogens is 2. The molecule has 0 aromatic carbocycles. The van der Waals surface area contributed by atoms with Gasteiger partial charge in [0.1, 0.15) is 6.61 Å². The molecule has 0 atom stereocenters. The Labute approximate surface area is 109 Å². The van der Waals surface area contributed by atoms with Gasteiger partial charge in [0, 0.05) is 29.1 Å². The summed E-state index contributed by atoms with van der Waals surface area (Å²) < 4.78 is 5.31. The van der Waals surface area contributed by atoms with Gasteiger partial charge in [-0.15, -0.1) is 0 Å². The zero-order valence-electron chi connectivity index (χ0n) is 10.0. The van der Waals surface area contributed by atoms with Gasteiger partial charge in [0.15, 0.2) is 0 Å². The minimum absolute atomic E-state index is 0.248. The Hall–Kier alpha value is -2.62. The Morgan fingerprint density at radius 1 is 1.26 bits per heavy atom. The molecule has 1 aromatic heterocycles. The van der Waals surface area contributed by atoms with Crippen molar-refractivity contribution in [3.63, 3.8) is 0 Å². The number of carbonyl (C=O) groups excluding carboxylic acids is 1. The van der Waals surface area contributed by atoms with E-state index in [-0.39, 0.29) is 12.6 Å². The Morgan fingerprint density at radius 3 is 3.05 bits per heavy atom. The molecule has 0 unspecified atom stereocenters. The average molecular weight is 250 g/mol. The molecule has 4 rings (SSSR count). The Kier molecular flexibility index (Phi) is 2.00. The molecule has 0 radical (unpaired) electrons. The summed E-state index contributed by atoms with van der Waals surface area (Å²) in [7, 11) is 0. The zero-order valence-corrected chi connectivity index (χ0v) is 10.0. The van der Waals surface area contributed by atoms with Crippen LogP contribution < -0.4 is 0 Å². The van der Waals surface area contributed by atoms with Crippen molar-refractivity contribution in [3.8, 4) is 22.5 Å². The summed E-state index contributed by atoms with van der Waals surface area (Å²) in [4.78, 5) is 19.2. The number of hydrogen-bond donors (Lipinski definition) is 1. The van der Waals surface area contributed by atoms with Crippen LogP contribution in [0.25, 0.3) is 22.5 Å². The zero-order chi connectivity index (χ0) is 12.8. The topological polar surface area (TPSA) is 55.0 Å². The molecule has 0 saturated carbocycles. The van der Waals surface area contributed by atoms with Crippen molar-refractivity contribution in [3.05, 3.63) is 53.9 Å². The van der Waals surface area contributed by atoms with Gasteiger partial charge >= 0.3 is 5.97 Å². The van der Waals surface area contributed by atoms with Gasteiger partial charge in [-0.05, 0) is 18.2 Å². The lowest BCUT2D eigenvalue weighted by Gasteiger charge is -2.04. The summed E-state index contributed by atoms with van der Waals surface area (Å²) in [6.07, 6.45) is 3.39. The predicted octanol–water partition coefficient (Wildman–Crippen LogP) is 2.85. The van der Waals surface area contributed by atoms with Crippen LogP contribution in [0.2, 0.25) is 0 Å². The van der Waals surface area contributed by atoms with E-state index in [9.17, 15) is 4.79 Å². The summed E-state index contributed by atoms with van der Waals surface area (Å²) >= 11 is 0. The van der Waals surface area contributed by atoms with Crippen molar-refractivity contribution in [1.82, 2.24) is 9.97 Å². The first-order chi connectivity index (χ1) is 9.33. The summed E-state index contributed by atoms with van der Waals surface area (Å²) in [6.45, 7) is 0.248. The molecule has 0 amide bonds. The number of pyridine rings is 2. The molecule has 4 heteroatoms. The minimum Gasteiger partial charge on any atom is -0.457 e. The molecule has 19 heavy (non-hydrogen) atoms. The lowest BCUT2D eigenvalue weighted by molar-refractivity contribution is 0.0474. The molecule has 1 N–H and O–H groups in total. The second-order valence-electron chi connectivity index (χ2n) is 4.57. The second kappa shape index (κ2) is 3.68. The van der Waals surface area contributed by atoms with Crippen LogP contribution in [-0.2, 0) is 11.3 Å². The van der Waals surface area contributed by atoms with Crippen molar-refractivity contribution < 1.29 is 9.53 Å². The van der Waals surface area contributed by atoms with Crippen LogP contribution >= 0.6 is 0 Å². The van der Waals surface area contributed by atoms with Crippen molar-refractivity contribution in [2.75, 3.05) is 0 Å². The van der Waals surface area contributed by atoms with Gasteiger partial charge in [0.05, 0.1) is 17.0 Å². The van der Waals surface area contributed by atoms with E-state index in [0.717, 1.165) is 28.1 Å². The van der Waals surface area contributed by atoms with E-state index in [1.807, 2.05) is 30.3 Å². The fourth-order valence-corrected chi connectivity index (χ4v) is 2.32. The van der Waals surface area contributed by atoms with Crippen LogP contribution in [0.3, 0.4) is 0 Å². The van der Waals surface area contributed by atoms with Gasteiger partial charge in [0.2, 0.25) is 0 Å². The monoisotopic (exact) mass is 250 g/mol. The maximum absolute atomic E-state index is 12.1. The van der Waals surface area contributed by atoms with Crippen LogP contribution in [-0.4, -0.2) is 15.9 Å². The summed E-state index contributed by atoms with van der Waals surface area (Å²) in [5.74, 6) is -0.288. The van der Waals surface area contributed by atoms with E-state index < -0.39 is 0 Å². The van der Waals surface area contributed by atoms with Gasteiger partial charge in [-0.2, -0.15) is 0 Å². The first-order valence-corrected chi connectivity index (χ1v) is 6.05. The van der Waals surface area contributed by atoms with Gasteiger partial charge in [-0.25, -0.2) is 4.79 Å². The van der Waals surface area contributed by atoms with E-state index in [2.05, 4.69) is 9.97 Å². The fraction of sp³-hybridized carbons (Fsp3) is 0.0667. The second-order valence-corrected chi connectivity index (χ2v) is 4.57. The first kappa shape index (κ1) is 10.3. The summed E-state index contributed by atoms with van der Waals surface area (Å²) in [5, 5.41) is 0. The van der Waals surface area contributed by atoms with Crippen molar-refractivity contribution in [1.29, 1.82) is 0 Å². The van der Waals surface area contributed by atoms with Gasteiger partial charge in [0.25, 0.3) is 0 Å². The van der Waals surface area contributed by atoms with Gasteiger partial charge in [-0.3, -0.25) is 4.98 Å². The smallest absolute Gasteiger partial charge is 0.339 e. The van der Waals surface area contributed by atoms with Crippen molar-refractivity contribution in [2.45, 2.75) is 6.61 Å². The third-order valence-electron chi connectivity index (χ3n) is 3.33. The van der Waals surface area contributed by atoms with E-state index in [0.29, 0.717) is 5.56 Å². The number of H-pyrrole nitrogens is 1. The van der Waals surface area contributed by atoms with E-state index in [4.69, 9.17) is 4.74 Å². The quantitative estimate of drug-likeness (QED) is 0.569. The predicted molar refractivity (Wildman–Crippen MR) is 69.8 cm³/mol. The lowest BCUT2D eigenvalue weighted by atomic mass is 10.1. The summed E-state index contributed by atoms with van der Waals surface area (Å²) in [5.41, 5.74) is 5.85. The Bertz CT molecular complexity index is 746. The van der Waals surface area contributed by atoms with E-state index >= 15 is 0 Å². The number of ether oxygens (including phenoxy) is 1. The molecule has 0 fully saturated rings. The van der Waals surface area contributed by atoms with Crippen LogP contribution in [0.15, 0.2) is 42.7 Å². The molecule has 3 aliphatic rings. The van der Waals surface area contributed by atoms with E-state index in [1.54, 1.807) is 12.4 Å². The molecule has 1 aromatic rings. The van der Waals surface area contributed by atoms with E-state index in [1.165, 1.54) is 0 Å². The number of carbonyl (C=O) groups is 1. The molecular formula is C15H10N2O2.